The van der Waals surface area contributed by atoms with Crippen LogP contribution in [0.15, 0.2) is 47.4 Å². The standard InChI is InChI=1S/C17H13F3N2O5S/c1-22(9-10-4-2-3-5-14(10)27-17(18,19)20)28(25,26)11-6-7-12-13(8-11)16(24)21-15(12)23/h2-8H,9H2,1H3,(H,21,23,24). The largest absolute Gasteiger partial charge is 0.573 e. The Labute approximate surface area is 157 Å². The summed E-state index contributed by atoms with van der Waals surface area (Å²) in [6.45, 7) is -0.406. The van der Waals surface area contributed by atoms with E-state index in [1.807, 2.05) is 5.32 Å². The normalized spacial score (nSPS) is 14.2. The van der Waals surface area contributed by atoms with Crippen LogP contribution in [0.2, 0.25) is 0 Å². The van der Waals surface area contributed by atoms with Crippen LogP contribution in [0.5, 0.6) is 5.75 Å². The number of hydrogen-bond acceptors (Lipinski definition) is 5. The van der Waals surface area contributed by atoms with Crippen molar-refractivity contribution in [3.63, 3.8) is 0 Å². The molecular weight excluding hydrogens is 401 g/mol. The highest BCUT2D eigenvalue weighted by Crippen LogP contribution is 2.29. The van der Waals surface area contributed by atoms with Crippen molar-refractivity contribution in [3.8, 4) is 5.75 Å². The summed E-state index contributed by atoms with van der Waals surface area (Å²) in [5.74, 6) is -1.87. The number of rotatable bonds is 5. The van der Waals surface area contributed by atoms with Crippen LogP contribution >= 0.6 is 0 Å². The fourth-order valence-corrected chi connectivity index (χ4v) is 3.85. The van der Waals surface area contributed by atoms with Crippen LogP contribution < -0.4 is 10.1 Å². The molecule has 0 aliphatic carbocycles. The summed E-state index contributed by atoms with van der Waals surface area (Å²) in [6, 6.07) is 8.58. The van der Waals surface area contributed by atoms with E-state index in [-0.39, 0.29) is 21.6 Å². The van der Waals surface area contributed by atoms with Crippen molar-refractivity contribution in [1.29, 1.82) is 0 Å². The second-order valence-corrected chi connectivity index (χ2v) is 7.95. The predicted molar refractivity (Wildman–Crippen MR) is 90.0 cm³/mol. The molecule has 1 aliphatic heterocycles. The van der Waals surface area contributed by atoms with Gasteiger partial charge in [-0.15, -0.1) is 13.2 Å². The van der Waals surface area contributed by atoms with Crippen LogP contribution in [0.1, 0.15) is 26.3 Å². The Morgan fingerprint density at radius 2 is 1.68 bits per heavy atom. The third kappa shape index (κ3) is 3.85. The number of nitrogens with zero attached hydrogens (tertiary/aromatic N) is 1. The van der Waals surface area contributed by atoms with E-state index in [4.69, 9.17) is 0 Å². The van der Waals surface area contributed by atoms with Crippen molar-refractivity contribution in [2.75, 3.05) is 7.05 Å². The van der Waals surface area contributed by atoms with E-state index >= 15 is 0 Å². The minimum atomic E-state index is -4.92. The van der Waals surface area contributed by atoms with Gasteiger partial charge in [0.1, 0.15) is 5.75 Å². The molecule has 0 bridgehead atoms. The van der Waals surface area contributed by atoms with Gasteiger partial charge in [-0.1, -0.05) is 18.2 Å². The number of hydrogen-bond donors (Lipinski definition) is 1. The molecule has 28 heavy (non-hydrogen) atoms. The van der Waals surface area contributed by atoms with E-state index in [9.17, 15) is 31.2 Å². The number of alkyl halides is 3. The molecule has 0 spiro atoms. The number of imide groups is 1. The number of ether oxygens (including phenoxy) is 1. The van der Waals surface area contributed by atoms with E-state index in [2.05, 4.69) is 4.74 Å². The Balaban J connectivity index is 1.89. The number of nitrogens with one attached hydrogen (secondary N) is 1. The number of carbonyl (C=O) groups is 2. The summed E-state index contributed by atoms with van der Waals surface area (Å²) in [7, 11) is -2.98. The smallest absolute Gasteiger partial charge is 0.405 e. The van der Waals surface area contributed by atoms with Gasteiger partial charge in [-0.3, -0.25) is 14.9 Å². The number of halogens is 3. The highest BCUT2D eigenvalue weighted by atomic mass is 32.2. The molecule has 0 radical (unpaired) electrons. The van der Waals surface area contributed by atoms with E-state index in [0.717, 1.165) is 22.5 Å². The molecule has 11 heteroatoms. The molecule has 2 aromatic carbocycles. The van der Waals surface area contributed by atoms with Crippen LogP contribution in [-0.2, 0) is 16.6 Å². The molecule has 0 saturated carbocycles. The van der Waals surface area contributed by atoms with Crippen LogP contribution in [-0.4, -0.2) is 37.9 Å². The van der Waals surface area contributed by atoms with Gasteiger partial charge in [-0.25, -0.2) is 8.42 Å². The molecule has 0 aromatic heterocycles. The number of carbonyl (C=O) groups excluding carboxylic acids is 2. The first-order valence-corrected chi connectivity index (χ1v) is 9.23. The van der Waals surface area contributed by atoms with Gasteiger partial charge in [0.05, 0.1) is 16.0 Å². The van der Waals surface area contributed by atoms with E-state index in [1.165, 1.54) is 31.3 Å². The first-order chi connectivity index (χ1) is 13.0. The Bertz CT molecular complexity index is 1070. The lowest BCUT2D eigenvalue weighted by Gasteiger charge is -2.20. The first kappa shape index (κ1) is 19.8. The van der Waals surface area contributed by atoms with Crippen LogP contribution in [0.3, 0.4) is 0 Å². The topological polar surface area (TPSA) is 92.8 Å². The van der Waals surface area contributed by atoms with Crippen molar-refractivity contribution < 1.29 is 35.9 Å². The first-order valence-electron chi connectivity index (χ1n) is 7.79. The van der Waals surface area contributed by atoms with Gasteiger partial charge in [0.25, 0.3) is 11.8 Å². The number of amides is 2. The van der Waals surface area contributed by atoms with Gasteiger partial charge >= 0.3 is 6.36 Å². The third-order valence-corrected chi connectivity index (χ3v) is 5.81. The monoisotopic (exact) mass is 414 g/mol. The second-order valence-electron chi connectivity index (χ2n) is 5.91. The number of sulfonamides is 1. The molecule has 0 unspecified atom stereocenters. The van der Waals surface area contributed by atoms with Crippen molar-refractivity contribution in [1.82, 2.24) is 9.62 Å². The average molecular weight is 414 g/mol. The lowest BCUT2D eigenvalue weighted by molar-refractivity contribution is -0.274. The van der Waals surface area contributed by atoms with Gasteiger partial charge < -0.3 is 4.74 Å². The lowest BCUT2D eigenvalue weighted by atomic mass is 10.1. The Morgan fingerprint density at radius 1 is 1.04 bits per heavy atom. The Hall–Kier alpha value is -2.92. The number of para-hydroxylation sites is 1. The van der Waals surface area contributed by atoms with Crippen LogP contribution in [0.4, 0.5) is 13.2 Å². The van der Waals surface area contributed by atoms with Gasteiger partial charge in [0, 0.05) is 19.2 Å². The summed E-state index contributed by atoms with van der Waals surface area (Å²) in [6.07, 6.45) is -4.92. The molecule has 2 amide bonds. The summed E-state index contributed by atoms with van der Waals surface area (Å²) >= 11 is 0. The molecule has 0 atom stereocenters. The summed E-state index contributed by atoms with van der Waals surface area (Å²) in [4.78, 5) is 23.0. The van der Waals surface area contributed by atoms with Crippen molar-refractivity contribution in [2.24, 2.45) is 0 Å². The highest BCUT2D eigenvalue weighted by molar-refractivity contribution is 7.89. The lowest BCUT2D eigenvalue weighted by Crippen LogP contribution is -2.27. The third-order valence-electron chi connectivity index (χ3n) is 4.01. The molecule has 148 valence electrons. The maximum absolute atomic E-state index is 12.8. The molecule has 0 saturated heterocycles. The van der Waals surface area contributed by atoms with E-state index < -0.39 is 40.5 Å². The van der Waals surface area contributed by atoms with Crippen LogP contribution in [0.25, 0.3) is 0 Å². The zero-order valence-electron chi connectivity index (χ0n) is 14.3. The quantitative estimate of drug-likeness (QED) is 0.758. The van der Waals surface area contributed by atoms with Crippen molar-refractivity contribution in [2.45, 2.75) is 17.8 Å². The number of benzene rings is 2. The minimum absolute atomic E-state index is 0.0000177. The molecule has 1 heterocycles. The zero-order valence-corrected chi connectivity index (χ0v) is 15.1. The van der Waals surface area contributed by atoms with E-state index in [0.29, 0.717) is 0 Å². The maximum Gasteiger partial charge on any atom is 0.573 e. The summed E-state index contributed by atoms with van der Waals surface area (Å²) in [5, 5.41) is 2.05. The molecule has 0 fully saturated rings. The second kappa shape index (κ2) is 6.91. The van der Waals surface area contributed by atoms with Gasteiger partial charge in [0.2, 0.25) is 10.0 Å². The van der Waals surface area contributed by atoms with Gasteiger partial charge in [-0.05, 0) is 24.3 Å². The van der Waals surface area contributed by atoms with E-state index in [1.54, 1.807) is 0 Å². The molecule has 2 aromatic rings. The maximum atomic E-state index is 12.8. The Morgan fingerprint density at radius 3 is 2.36 bits per heavy atom. The van der Waals surface area contributed by atoms with Crippen molar-refractivity contribution >= 4 is 21.8 Å². The van der Waals surface area contributed by atoms with Gasteiger partial charge in [-0.2, -0.15) is 4.31 Å². The summed E-state index contributed by atoms with van der Waals surface area (Å²) in [5.41, 5.74) is -0.0317. The zero-order chi connectivity index (χ0) is 20.7. The molecule has 7 nitrogen and oxygen atoms in total. The van der Waals surface area contributed by atoms with Gasteiger partial charge in [0.15, 0.2) is 0 Å². The number of fused-ring (bicyclic) bond motifs is 1. The molecule has 1 N–H and O–H groups in total. The predicted octanol–water partition coefficient (Wildman–Crippen LogP) is 2.29. The molecule has 1 aliphatic rings. The minimum Gasteiger partial charge on any atom is -0.405 e. The fraction of sp³-hybridized carbons (Fsp3) is 0.176. The SMILES string of the molecule is CN(Cc1ccccc1OC(F)(F)F)S(=O)(=O)c1ccc2c(c1)C(=O)NC2=O. The molecular formula is C17H13F3N2O5S. The fourth-order valence-electron chi connectivity index (χ4n) is 2.67. The average Bonchev–Trinajstić information content (AvgIpc) is 2.89. The summed E-state index contributed by atoms with van der Waals surface area (Å²) < 4.78 is 67.9. The Kier molecular flexibility index (Phi) is 4.90. The highest BCUT2D eigenvalue weighted by Gasteiger charge is 2.33. The molecule has 3 rings (SSSR count). The van der Waals surface area contributed by atoms with Crippen LogP contribution in [0, 0.1) is 0 Å². The van der Waals surface area contributed by atoms with Crippen molar-refractivity contribution in [3.05, 3.63) is 59.2 Å².